The average Bonchev–Trinajstić information content (AvgIpc) is 3.41. The van der Waals surface area contributed by atoms with Crippen LogP contribution in [0.2, 0.25) is 5.02 Å². The summed E-state index contributed by atoms with van der Waals surface area (Å²) in [5.74, 6) is 1.30. The second kappa shape index (κ2) is 8.10. The van der Waals surface area contributed by atoms with Crippen LogP contribution in [0.4, 0.5) is 0 Å². The molecule has 2 heterocycles. The van der Waals surface area contributed by atoms with E-state index in [0.717, 1.165) is 45.2 Å². The van der Waals surface area contributed by atoms with Gasteiger partial charge < -0.3 is 13.7 Å². The Hall–Kier alpha value is -1.44. The van der Waals surface area contributed by atoms with Gasteiger partial charge in [0.15, 0.2) is 0 Å². The number of nitrogens with one attached hydrogen (secondary N) is 1. The monoisotopic (exact) mass is 467 g/mol. The summed E-state index contributed by atoms with van der Waals surface area (Å²) in [7, 11) is -0.302. The van der Waals surface area contributed by atoms with Gasteiger partial charge >= 0.3 is 7.12 Å². The maximum absolute atomic E-state index is 6.63. The zero-order valence-electron chi connectivity index (χ0n) is 18.3. The molecule has 32 heavy (non-hydrogen) atoms. The maximum atomic E-state index is 6.63. The Kier molecular flexibility index (Phi) is 5.35. The van der Waals surface area contributed by atoms with E-state index in [4.69, 9.17) is 25.3 Å². The normalized spacial score (nSPS) is 29.0. The second-order valence-electron chi connectivity index (χ2n) is 9.96. The molecule has 1 saturated heterocycles. The van der Waals surface area contributed by atoms with Crippen LogP contribution in [-0.2, 0) is 15.7 Å². The number of halogens is 1. The van der Waals surface area contributed by atoms with Gasteiger partial charge in [-0.1, -0.05) is 55.8 Å². The molecule has 0 radical (unpaired) electrons. The van der Waals surface area contributed by atoms with E-state index in [1.165, 1.54) is 6.42 Å². The van der Waals surface area contributed by atoms with Crippen LogP contribution in [0.1, 0.15) is 32.3 Å². The molecule has 166 valence electrons. The lowest BCUT2D eigenvalue weighted by Crippen LogP contribution is -2.59. The van der Waals surface area contributed by atoms with Gasteiger partial charge in [0.25, 0.3) is 0 Å². The van der Waals surface area contributed by atoms with Crippen LogP contribution in [0.25, 0.3) is 11.0 Å². The molecule has 1 aliphatic heterocycles. The molecule has 4 nitrogen and oxygen atoms in total. The van der Waals surface area contributed by atoms with Crippen LogP contribution in [0.15, 0.2) is 64.1 Å². The number of para-hydroxylation sites is 1. The fraction of sp³-hybridized carbons (Fsp3) is 0.440. The van der Waals surface area contributed by atoms with Crippen LogP contribution >= 0.6 is 23.5 Å². The molecular formula is C25H27BClNO3S. The summed E-state index contributed by atoms with van der Waals surface area (Å²) in [6.45, 7) is 4.78. The second-order valence-corrected chi connectivity index (χ2v) is 11.2. The minimum atomic E-state index is -0.302. The molecule has 5 atom stereocenters. The molecule has 5 unspecified atom stereocenters. The van der Waals surface area contributed by atoms with Gasteiger partial charge in [-0.15, -0.1) is 0 Å². The van der Waals surface area contributed by atoms with E-state index >= 15 is 0 Å². The highest BCUT2D eigenvalue weighted by molar-refractivity contribution is 7.97. The lowest BCUT2D eigenvalue weighted by atomic mass is 9.47. The quantitative estimate of drug-likeness (QED) is 0.347. The van der Waals surface area contributed by atoms with Crippen molar-refractivity contribution in [2.45, 2.75) is 56.2 Å². The number of hydrogen-bond donors (Lipinski definition) is 1. The van der Waals surface area contributed by atoms with Gasteiger partial charge in [-0.3, -0.25) is 4.72 Å². The first kappa shape index (κ1) is 21.1. The first-order chi connectivity index (χ1) is 15.5. The highest BCUT2D eigenvalue weighted by atomic mass is 35.5. The number of rotatable bonds is 6. The van der Waals surface area contributed by atoms with Crippen LogP contribution in [0, 0.1) is 17.3 Å². The van der Waals surface area contributed by atoms with Crippen molar-refractivity contribution < 1.29 is 13.7 Å². The molecule has 7 rings (SSSR count). The Labute approximate surface area is 198 Å². The van der Waals surface area contributed by atoms with Crippen molar-refractivity contribution in [3.8, 4) is 0 Å². The molecule has 7 heteroatoms. The summed E-state index contributed by atoms with van der Waals surface area (Å²) in [6, 6.07) is 16.1. The zero-order chi connectivity index (χ0) is 21.9. The van der Waals surface area contributed by atoms with Gasteiger partial charge in [-0.2, -0.15) is 0 Å². The highest BCUT2D eigenvalue weighted by Gasteiger charge is 2.62. The molecule has 4 aliphatic rings. The summed E-state index contributed by atoms with van der Waals surface area (Å²) >= 11 is 7.95. The standard InChI is InChI=1S/C25H27BClNO3S/c1-25(2)16-12-18(25)24-21(13-16)30-26(31-24)23(28-32-22-10-6-4-8-19(22)27)11-15-14-29-20-9-5-3-7-17(15)20/h3-10,14,16,18,21,23-24,28H,11-13H2,1-2H3. The van der Waals surface area contributed by atoms with Gasteiger partial charge in [-0.25, -0.2) is 0 Å². The molecule has 1 N–H and O–H groups in total. The molecule has 2 aromatic carbocycles. The molecule has 0 amide bonds. The van der Waals surface area contributed by atoms with E-state index in [9.17, 15) is 0 Å². The molecular weight excluding hydrogens is 441 g/mol. The predicted octanol–water partition coefficient (Wildman–Crippen LogP) is 6.17. The molecule has 2 bridgehead atoms. The third-order valence-corrected chi connectivity index (χ3v) is 9.35. The van der Waals surface area contributed by atoms with Crippen LogP contribution in [-0.4, -0.2) is 25.3 Å². The minimum Gasteiger partial charge on any atom is -0.464 e. The van der Waals surface area contributed by atoms with Crippen LogP contribution in [0.3, 0.4) is 0 Å². The van der Waals surface area contributed by atoms with Crippen molar-refractivity contribution in [1.82, 2.24) is 4.72 Å². The average molecular weight is 468 g/mol. The van der Waals surface area contributed by atoms with E-state index in [2.05, 4.69) is 30.7 Å². The maximum Gasteiger partial charge on any atom is 0.477 e. The van der Waals surface area contributed by atoms with Crippen molar-refractivity contribution in [3.63, 3.8) is 0 Å². The Bertz CT molecular complexity index is 1140. The van der Waals surface area contributed by atoms with Crippen LogP contribution < -0.4 is 4.72 Å². The van der Waals surface area contributed by atoms with E-state index in [-0.39, 0.29) is 25.3 Å². The summed E-state index contributed by atoms with van der Waals surface area (Å²) in [6.07, 6.45) is 5.37. The molecule has 3 aliphatic carbocycles. The van der Waals surface area contributed by atoms with Crippen molar-refractivity contribution in [2.24, 2.45) is 17.3 Å². The number of furan rings is 1. The van der Waals surface area contributed by atoms with Gasteiger partial charge in [0.2, 0.25) is 0 Å². The van der Waals surface area contributed by atoms with Crippen LogP contribution in [0.5, 0.6) is 0 Å². The van der Waals surface area contributed by atoms with Gasteiger partial charge in [-0.05, 0) is 72.2 Å². The molecule has 4 fully saturated rings. The summed E-state index contributed by atoms with van der Waals surface area (Å²) in [5.41, 5.74) is 2.42. The summed E-state index contributed by atoms with van der Waals surface area (Å²) in [5, 5.41) is 1.88. The largest absolute Gasteiger partial charge is 0.477 e. The van der Waals surface area contributed by atoms with E-state index in [1.807, 2.05) is 42.7 Å². The lowest BCUT2D eigenvalue weighted by Gasteiger charge is -2.60. The first-order valence-corrected chi connectivity index (χ1v) is 12.6. The topological polar surface area (TPSA) is 43.6 Å². The summed E-state index contributed by atoms with van der Waals surface area (Å²) < 4.78 is 22.6. The lowest BCUT2D eigenvalue weighted by molar-refractivity contribution is -0.150. The minimum absolute atomic E-state index is 0.0387. The molecule has 0 spiro atoms. The molecule has 3 aromatic rings. The Morgan fingerprint density at radius 1 is 1.12 bits per heavy atom. The summed E-state index contributed by atoms with van der Waals surface area (Å²) in [4.78, 5) is 0.995. The highest BCUT2D eigenvalue weighted by Crippen LogP contribution is 2.61. The van der Waals surface area contributed by atoms with Crippen molar-refractivity contribution in [2.75, 3.05) is 0 Å². The van der Waals surface area contributed by atoms with Crippen molar-refractivity contribution in [3.05, 3.63) is 65.4 Å². The van der Waals surface area contributed by atoms with Crippen molar-refractivity contribution >= 4 is 41.6 Å². The van der Waals surface area contributed by atoms with Gasteiger partial charge in [0.05, 0.1) is 29.4 Å². The van der Waals surface area contributed by atoms with Gasteiger partial charge in [0, 0.05) is 10.3 Å². The first-order valence-electron chi connectivity index (χ1n) is 11.4. The Morgan fingerprint density at radius 3 is 2.78 bits per heavy atom. The predicted molar refractivity (Wildman–Crippen MR) is 130 cm³/mol. The third kappa shape index (κ3) is 3.52. The SMILES string of the molecule is CC1(C)C2CC3OB(C(Cc4coc5ccccc45)NSc4ccccc4Cl)OC3C1C2. The van der Waals surface area contributed by atoms with Crippen molar-refractivity contribution in [1.29, 1.82) is 0 Å². The molecule has 1 aromatic heterocycles. The van der Waals surface area contributed by atoms with E-state index in [0.29, 0.717) is 11.3 Å². The fourth-order valence-electron chi connectivity index (χ4n) is 5.84. The third-order valence-electron chi connectivity index (χ3n) is 7.91. The molecule has 3 saturated carbocycles. The number of fused-ring (bicyclic) bond motifs is 1. The van der Waals surface area contributed by atoms with Gasteiger partial charge in [0.1, 0.15) is 5.58 Å². The van der Waals surface area contributed by atoms with E-state index < -0.39 is 0 Å². The number of benzene rings is 2. The smallest absolute Gasteiger partial charge is 0.464 e. The van der Waals surface area contributed by atoms with E-state index in [1.54, 1.807) is 11.9 Å². The zero-order valence-corrected chi connectivity index (χ0v) is 19.9. The Morgan fingerprint density at radius 2 is 1.94 bits per heavy atom. The number of hydrogen-bond acceptors (Lipinski definition) is 5. The Balaban J connectivity index is 1.25. The fourth-order valence-corrected chi connectivity index (χ4v) is 6.88.